The van der Waals surface area contributed by atoms with Crippen LogP contribution in [0.15, 0.2) is 60.5 Å². The molecule has 1 aliphatic carbocycles. The van der Waals surface area contributed by atoms with Crippen molar-refractivity contribution >= 4 is 17.2 Å². The average Bonchev–Trinajstić information content (AvgIpc) is 2.61. The van der Waals surface area contributed by atoms with Gasteiger partial charge in [0.15, 0.2) is 0 Å². The summed E-state index contributed by atoms with van der Waals surface area (Å²) in [5.41, 5.74) is 16.6. The number of benzene rings is 1. The Bertz CT molecular complexity index is 820. The molecule has 0 bridgehead atoms. The van der Waals surface area contributed by atoms with Crippen LogP contribution in [0.2, 0.25) is 0 Å². The molecule has 24 heavy (non-hydrogen) atoms. The second kappa shape index (κ2) is 7.00. The summed E-state index contributed by atoms with van der Waals surface area (Å²) < 4.78 is 0. The standard InChI is InChI=1S/C19H21N5/c20-18-7-6-14(9-17(18)19(21)22)15-8-16(12-23-11-15)24-10-13-4-2-1-3-5-13/h2,4-9,11-12,24H,1,3,10,20H2,(H3,21,22). The lowest BCUT2D eigenvalue weighted by atomic mass is 10.0. The number of anilines is 2. The van der Waals surface area contributed by atoms with Crippen molar-refractivity contribution in [1.29, 1.82) is 5.41 Å². The van der Waals surface area contributed by atoms with Crippen LogP contribution in [0.3, 0.4) is 0 Å². The first-order valence-corrected chi connectivity index (χ1v) is 7.92. The Morgan fingerprint density at radius 3 is 2.79 bits per heavy atom. The number of hydrogen-bond donors (Lipinski definition) is 4. The minimum atomic E-state index is -0.0346. The molecule has 122 valence electrons. The van der Waals surface area contributed by atoms with E-state index in [-0.39, 0.29) is 5.84 Å². The van der Waals surface area contributed by atoms with Crippen LogP contribution in [0.1, 0.15) is 18.4 Å². The number of nitrogens with one attached hydrogen (secondary N) is 2. The fraction of sp³-hybridized carbons (Fsp3) is 0.158. The average molecular weight is 319 g/mol. The quantitative estimate of drug-likeness (QED) is 0.386. The molecular weight excluding hydrogens is 298 g/mol. The Labute approximate surface area is 141 Å². The van der Waals surface area contributed by atoms with E-state index in [0.717, 1.165) is 36.2 Å². The third-order valence-corrected chi connectivity index (χ3v) is 3.98. The lowest BCUT2D eigenvalue weighted by Crippen LogP contribution is -2.13. The number of nitrogens with two attached hydrogens (primary N) is 2. The summed E-state index contributed by atoms with van der Waals surface area (Å²) in [6.45, 7) is 0.780. The van der Waals surface area contributed by atoms with Gasteiger partial charge in [0.1, 0.15) is 5.84 Å². The number of amidine groups is 1. The Kier molecular flexibility index (Phi) is 4.61. The third-order valence-electron chi connectivity index (χ3n) is 3.98. The van der Waals surface area contributed by atoms with E-state index in [1.54, 1.807) is 18.5 Å². The van der Waals surface area contributed by atoms with Crippen molar-refractivity contribution < 1.29 is 0 Å². The maximum Gasteiger partial charge on any atom is 0.124 e. The number of nitrogens with zero attached hydrogens (tertiary/aromatic N) is 1. The third kappa shape index (κ3) is 3.63. The SMILES string of the molecule is N=C(N)c1cc(-c2cncc(NCC3=CCCC=C3)c2)ccc1N. The predicted octanol–water partition coefficient (Wildman–Crippen LogP) is 3.30. The summed E-state index contributed by atoms with van der Waals surface area (Å²) in [6, 6.07) is 7.54. The minimum Gasteiger partial charge on any atom is -0.398 e. The number of allylic oxidation sites excluding steroid dienone is 2. The van der Waals surface area contributed by atoms with E-state index < -0.39 is 0 Å². The molecule has 0 aliphatic heterocycles. The van der Waals surface area contributed by atoms with Gasteiger partial charge in [-0.05, 0) is 42.2 Å². The van der Waals surface area contributed by atoms with Gasteiger partial charge in [-0.1, -0.05) is 24.3 Å². The molecule has 3 rings (SSSR count). The summed E-state index contributed by atoms with van der Waals surface area (Å²) in [4.78, 5) is 4.31. The molecule has 5 nitrogen and oxygen atoms in total. The molecular formula is C19H21N5. The first-order valence-electron chi connectivity index (χ1n) is 7.92. The molecule has 1 aromatic carbocycles. The largest absolute Gasteiger partial charge is 0.398 e. The van der Waals surface area contributed by atoms with Crippen molar-refractivity contribution in [3.05, 3.63) is 66.0 Å². The van der Waals surface area contributed by atoms with Gasteiger partial charge in [-0.3, -0.25) is 10.4 Å². The molecule has 1 aliphatic rings. The highest BCUT2D eigenvalue weighted by molar-refractivity contribution is 6.01. The Morgan fingerprint density at radius 1 is 1.17 bits per heavy atom. The molecule has 0 atom stereocenters. The summed E-state index contributed by atoms with van der Waals surface area (Å²) in [7, 11) is 0. The zero-order valence-electron chi connectivity index (χ0n) is 13.4. The fourth-order valence-electron chi connectivity index (χ4n) is 2.67. The summed E-state index contributed by atoms with van der Waals surface area (Å²) in [5.74, 6) is -0.0346. The number of hydrogen-bond acceptors (Lipinski definition) is 4. The van der Waals surface area contributed by atoms with Crippen LogP contribution in [0.25, 0.3) is 11.1 Å². The number of pyridine rings is 1. The zero-order valence-corrected chi connectivity index (χ0v) is 13.4. The number of aromatic nitrogens is 1. The van der Waals surface area contributed by atoms with Crippen LogP contribution in [0.5, 0.6) is 0 Å². The molecule has 0 unspecified atom stereocenters. The maximum absolute atomic E-state index is 7.61. The van der Waals surface area contributed by atoms with Crippen LogP contribution < -0.4 is 16.8 Å². The second-order valence-corrected chi connectivity index (χ2v) is 5.79. The maximum atomic E-state index is 7.61. The minimum absolute atomic E-state index is 0.0346. The monoisotopic (exact) mass is 319 g/mol. The molecule has 1 heterocycles. The first kappa shape index (κ1) is 15.8. The molecule has 6 N–H and O–H groups in total. The van der Waals surface area contributed by atoms with Crippen molar-refractivity contribution in [2.24, 2.45) is 5.73 Å². The van der Waals surface area contributed by atoms with Crippen molar-refractivity contribution in [2.75, 3.05) is 17.6 Å². The van der Waals surface area contributed by atoms with Crippen LogP contribution in [-0.4, -0.2) is 17.4 Å². The topological polar surface area (TPSA) is 101 Å². The highest BCUT2D eigenvalue weighted by atomic mass is 14.9. The van der Waals surface area contributed by atoms with Crippen LogP contribution in [0, 0.1) is 5.41 Å². The van der Waals surface area contributed by atoms with Gasteiger partial charge in [0, 0.05) is 35.8 Å². The molecule has 0 amide bonds. The lowest BCUT2D eigenvalue weighted by molar-refractivity contribution is 1.00. The highest BCUT2D eigenvalue weighted by Crippen LogP contribution is 2.25. The van der Waals surface area contributed by atoms with Gasteiger partial charge in [-0.2, -0.15) is 0 Å². The van der Waals surface area contributed by atoms with Gasteiger partial charge in [0.05, 0.1) is 5.69 Å². The van der Waals surface area contributed by atoms with Crippen LogP contribution in [-0.2, 0) is 0 Å². The smallest absolute Gasteiger partial charge is 0.124 e. The first-order chi connectivity index (χ1) is 11.6. The van der Waals surface area contributed by atoms with Crippen molar-refractivity contribution in [1.82, 2.24) is 4.98 Å². The second-order valence-electron chi connectivity index (χ2n) is 5.79. The molecule has 1 aromatic heterocycles. The van der Waals surface area contributed by atoms with Gasteiger partial charge in [0.25, 0.3) is 0 Å². The van der Waals surface area contributed by atoms with Crippen molar-refractivity contribution in [3.8, 4) is 11.1 Å². The summed E-state index contributed by atoms with van der Waals surface area (Å²) in [6.07, 6.45) is 12.4. The normalized spacial score (nSPS) is 13.4. The zero-order chi connectivity index (χ0) is 16.9. The van der Waals surface area contributed by atoms with Crippen LogP contribution in [0.4, 0.5) is 11.4 Å². The lowest BCUT2D eigenvalue weighted by Gasteiger charge is -2.11. The molecule has 0 saturated heterocycles. The van der Waals surface area contributed by atoms with Gasteiger partial charge in [-0.15, -0.1) is 0 Å². The van der Waals surface area contributed by atoms with Gasteiger partial charge >= 0.3 is 0 Å². The fourth-order valence-corrected chi connectivity index (χ4v) is 2.67. The van der Waals surface area contributed by atoms with Gasteiger partial charge < -0.3 is 16.8 Å². The van der Waals surface area contributed by atoms with Crippen molar-refractivity contribution in [3.63, 3.8) is 0 Å². The molecule has 2 aromatic rings. The predicted molar refractivity (Wildman–Crippen MR) is 100 cm³/mol. The van der Waals surface area contributed by atoms with E-state index in [1.807, 2.05) is 18.2 Å². The number of rotatable bonds is 5. The van der Waals surface area contributed by atoms with Gasteiger partial charge in [0.2, 0.25) is 0 Å². The van der Waals surface area contributed by atoms with E-state index >= 15 is 0 Å². The number of nitrogen functional groups attached to an aromatic ring is 2. The van der Waals surface area contributed by atoms with Gasteiger partial charge in [-0.25, -0.2) is 0 Å². The molecule has 0 saturated carbocycles. The Morgan fingerprint density at radius 2 is 2.04 bits per heavy atom. The van der Waals surface area contributed by atoms with Crippen molar-refractivity contribution in [2.45, 2.75) is 12.8 Å². The molecule has 0 fully saturated rings. The Balaban J connectivity index is 1.80. The summed E-state index contributed by atoms with van der Waals surface area (Å²) in [5, 5.41) is 11.0. The molecule has 0 spiro atoms. The highest BCUT2D eigenvalue weighted by Gasteiger charge is 2.07. The van der Waals surface area contributed by atoms with Crippen LogP contribution >= 0.6 is 0 Å². The van der Waals surface area contributed by atoms with E-state index in [1.165, 1.54) is 5.57 Å². The summed E-state index contributed by atoms with van der Waals surface area (Å²) >= 11 is 0. The van der Waals surface area contributed by atoms with E-state index in [2.05, 4.69) is 28.5 Å². The van der Waals surface area contributed by atoms with E-state index in [4.69, 9.17) is 16.9 Å². The van der Waals surface area contributed by atoms with E-state index in [9.17, 15) is 0 Å². The van der Waals surface area contributed by atoms with E-state index in [0.29, 0.717) is 11.3 Å². The molecule has 0 radical (unpaired) electrons. The Hall–Kier alpha value is -3.08. The molecule has 5 heteroatoms.